The molecule has 1 aliphatic heterocycles. The summed E-state index contributed by atoms with van der Waals surface area (Å²) in [6.45, 7) is -0.319. The van der Waals surface area contributed by atoms with Crippen molar-refractivity contribution in [1.29, 1.82) is 0 Å². The molecule has 21 heavy (non-hydrogen) atoms. The number of hydrogen-bond donors (Lipinski definition) is 2. The number of nitrogens with zero attached hydrogens (tertiary/aromatic N) is 1. The van der Waals surface area contributed by atoms with Gasteiger partial charge in [0.25, 0.3) is 5.91 Å². The van der Waals surface area contributed by atoms with Crippen LogP contribution in [0.25, 0.3) is 10.9 Å². The van der Waals surface area contributed by atoms with E-state index in [1.54, 1.807) is 0 Å². The highest BCUT2D eigenvalue weighted by Gasteiger charge is 2.45. The van der Waals surface area contributed by atoms with Crippen molar-refractivity contribution < 1.29 is 13.6 Å². The van der Waals surface area contributed by atoms with Gasteiger partial charge in [-0.05, 0) is 12.1 Å². The monoisotopic (exact) mass is 333 g/mol. The Balaban J connectivity index is 1.97. The number of likely N-dealkylation sites (tertiary alicyclic amines) is 1. The number of aromatic amines is 1. The first-order valence-corrected chi connectivity index (χ1v) is 6.95. The summed E-state index contributed by atoms with van der Waals surface area (Å²) in [6, 6.07) is 2.62. The molecule has 3 rings (SSSR count). The van der Waals surface area contributed by atoms with Gasteiger partial charge in [0.1, 0.15) is 11.5 Å². The molecule has 0 spiro atoms. The van der Waals surface area contributed by atoms with Crippen LogP contribution in [0.1, 0.15) is 10.5 Å². The van der Waals surface area contributed by atoms with Crippen LogP contribution in [0.2, 0.25) is 10.0 Å². The maximum atomic E-state index is 13.8. The smallest absolute Gasteiger partial charge is 0.272 e. The van der Waals surface area contributed by atoms with Gasteiger partial charge in [0.05, 0.1) is 23.1 Å². The summed E-state index contributed by atoms with van der Waals surface area (Å²) in [5.74, 6) is -1.09. The molecule has 0 saturated carbocycles. The normalized spacial score (nSPS) is 17.1. The second-order valence-electron chi connectivity index (χ2n) is 5.11. The SMILES string of the molecule is NCC1(F)CN(C(=O)c2[nH]c3ccc(F)c(Cl)c3c2Cl)C1. The first-order valence-electron chi connectivity index (χ1n) is 6.20. The number of halogens is 4. The molecule has 2 aromatic rings. The minimum atomic E-state index is -1.54. The highest BCUT2D eigenvalue weighted by Crippen LogP contribution is 2.36. The molecule has 0 radical (unpaired) electrons. The van der Waals surface area contributed by atoms with Crippen molar-refractivity contribution in [3.8, 4) is 0 Å². The number of rotatable bonds is 2. The fourth-order valence-electron chi connectivity index (χ4n) is 2.40. The van der Waals surface area contributed by atoms with Crippen molar-refractivity contribution in [1.82, 2.24) is 9.88 Å². The molecule has 0 unspecified atom stereocenters. The zero-order valence-electron chi connectivity index (χ0n) is 10.7. The Kier molecular flexibility index (Phi) is 3.35. The largest absolute Gasteiger partial charge is 0.349 e. The summed E-state index contributed by atoms with van der Waals surface area (Å²) >= 11 is 12.0. The van der Waals surface area contributed by atoms with E-state index in [9.17, 15) is 13.6 Å². The number of aromatic nitrogens is 1. The van der Waals surface area contributed by atoms with Gasteiger partial charge >= 0.3 is 0 Å². The van der Waals surface area contributed by atoms with Gasteiger partial charge in [0, 0.05) is 17.4 Å². The number of hydrogen-bond acceptors (Lipinski definition) is 2. The average Bonchev–Trinajstić information content (AvgIpc) is 2.76. The Labute approximate surface area is 128 Å². The van der Waals surface area contributed by atoms with E-state index in [4.69, 9.17) is 28.9 Å². The van der Waals surface area contributed by atoms with E-state index in [-0.39, 0.29) is 40.8 Å². The van der Waals surface area contributed by atoms with E-state index in [0.717, 1.165) is 0 Å². The van der Waals surface area contributed by atoms with Gasteiger partial charge in [-0.15, -0.1) is 0 Å². The molecule has 0 aliphatic carbocycles. The first kappa shape index (κ1) is 14.6. The average molecular weight is 334 g/mol. The zero-order valence-corrected chi connectivity index (χ0v) is 12.2. The lowest BCUT2D eigenvalue weighted by Gasteiger charge is -2.43. The Morgan fingerprint density at radius 2 is 2.05 bits per heavy atom. The Bertz CT molecular complexity index is 741. The Morgan fingerprint density at radius 1 is 1.38 bits per heavy atom. The second kappa shape index (κ2) is 4.83. The number of carbonyl (C=O) groups is 1. The standard InChI is InChI=1S/C13H11Cl2F2N3O/c14-9-6(16)1-2-7-8(9)10(15)11(19-7)12(21)20-4-13(17,3-18)5-20/h1-2,19H,3-5,18H2. The van der Waals surface area contributed by atoms with E-state index in [0.29, 0.717) is 5.52 Å². The number of nitrogens with two attached hydrogens (primary N) is 1. The molecule has 1 fully saturated rings. The van der Waals surface area contributed by atoms with Gasteiger partial charge in [-0.2, -0.15) is 0 Å². The Morgan fingerprint density at radius 3 is 2.67 bits per heavy atom. The van der Waals surface area contributed by atoms with Gasteiger partial charge in [-0.3, -0.25) is 4.79 Å². The number of fused-ring (bicyclic) bond motifs is 1. The lowest BCUT2D eigenvalue weighted by Crippen LogP contribution is -2.64. The van der Waals surface area contributed by atoms with Crippen LogP contribution in [0.15, 0.2) is 12.1 Å². The highest BCUT2D eigenvalue weighted by molar-refractivity contribution is 6.44. The zero-order chi connectivity index (χ0) is 15.4. The molecule has 0 bridgehead atoms. The van der Waals surface area contributed by atoms with Crippen LogP contribution in [0.3, 0.4) is 0 Å². The number of benzene rings is 1. The first-order chi connectivity index (χ1) is 9.86. The van der Waals surface area contributed by atoms with Gasteiger partial charge < -0.3 is 15.6 Å². The Hall–Kier alpha value is -1.37. The van der Waals surface area contributed by atoms with Crippen molar-refractivity contribution in [2.24, 2.45) is 5.73 Å². The topological polar surface area (TPSA) is 62.1 Å². The van der Waals surface area contributed by atoms with E-state index in [1.165, 1.54) is 17.0 Å². The molecule has 2 heterocycles. The minimum Gasteiger partial charge on any atom is -0.349 e. The molecule has 1 amide bonds. The molecular weight excluding hydrogens is 323 g/mol. The predicted octanol–water partition coefficient (Wildman–Crippen LogP) is 2.74. The predicted molar refractivity (Wildman–Crippen MR) is 77.1 cm³/mol. The van der Waals surface area contributed by atoms with Crippen LogP contribution in [0.5, 0.6) is 0 Å². The summed E-state index contributed by atoms with van der Waals surface area (Å²) in [6.07, 6.45) is 0. The van der Waals surface area contributed by atoms with Crippen molar-refractivity contribution >= 4 is 40.0 Å². The molecule has 112 valence electrons. The molecular formula is C13H11Cl2F2N3O. The lowest BCUT2D eigenvalue weighted by atomic mass is 9.96. The summed E-state index contributed by atoms with van der Waals surface area (Å²) in [5.41, 5.74) is 4.26. The molecule has 4 nitrogen and oxygen atoms in total. The number of alkyl halides is 1. The maximum absolute atomic E-state index is 13.8. The number of nitrogens with one attached hydrogen (secondary N) is 1. The minimum absolute atomic E-state index is 0.0311. The van der Waals surface area contributed by atoms with Gasteiger partial charge in [0.15, 0.2) is 5.67 Å². The van der Waals surface area contributed by atoms with Crippen LogP contribution in [-0.4, -0.2) is 41.1 Å². The summed E-state index contributed by atoms with van der Waals surface area (Å²) in [7, 11) is 0. The van der Waals surface area contributed by atoms with Crippen molar-refractivity contribution in [2.75, 3.05) is 19.6 Å². The van der Waals surface area contributed by atoms with Crippen LogP contribution in [0, 0.1) is 5.82 Å². The van der Waals surface area contributed by atoms with Crippen LogP contribution < -0.4 is 5.73 Å². The third-order valence-corrected chi connectivity index (χ3v) is 4.36. The summed E-state index contributed by atoms with van der Waals surface area (Å²) in [4.78, 5) is 16.4. The van der Waals surface area contributed by atoms with Gasteiger partial charge in [-0.1, -0.05) is 23.2 Å². The summed E-state index contributed by atoms with van der Waals surface area (Å²) < 4.78 is 27.2. The van der Waals surface area contributed by atoms with Crippen molar-refractivity contribution in [3.05, 3.63) is 33.7 Å². The highest BCUT2D eigenvalue weighted by atomic mass is 35.5. The van der Waals surface area contributed by atoms with Crippen molar-refractivity contribution in [3.63, 3.8) is 0 Å². The molecule has 8 heteroatoms. The third kappa shape index (κ3) is 2.18. The number of amides is 1. The van der Waals surface area contributed by atoms with E-state index >= 15 is 0 Å². The molecule has 1 aliphatic rings. The third-order valence-electron chi connectivity index (χ3n) is 3.61. The maximum Gasteiger partial charge on any atom is 0.272 e. The quantitative estimate of drug-likeness (QED) is 0.887. The fraction of sp³-hybridized carbons (Fsp3) is 0.308. The molecule has 1 saturated heterocycles. The lowest BCUT2D eigenvalue weighted by molar-refractivity contribution is -0.0139. The molecule has 0 atom stereocenters. The van der Waals surface area contributed by atoms with E-state index in [2.05, 4.69) is 4.98 Å². The number of carbonyl (C=O) groups excluding carboxylic acids is 1. The van der Waals surface area contributed by atoms with Crippen LogP contribution in [-0.2, 0) is 0 Å². The van der Waals surface area contributed by atoms with Crippen LogP contribution in [0.4, 0.5) is 8.78 Å². The fourth-order valence-corrected chi connectivity index (χ4v) is 3.03. The summed E-state index contributed by atoms with van der Waals surface area (Å²) in [5, 5.41) is 0.120. The van der Waals surface area contributed by atoms with Gasteiger partial charge in [0.2, 0.25) is 0 Å². The molecule has 1 aromatic carbocycles. The molecule has 3 N–H and O–H groups in total. The van der Waals surface area contributed by atoms with E-state index in [1.807, 2.05) is 0 Å². The van der Waals surface area contributed by atoms with Crippen molar-refractivity contribution in [2.45, 2.75) is 5.67 Å². The molecule has 1 aromatic heterocycles. The van der Waals surface area contributed by atoms with E-state index < -0.39 is 17.4 Å². The van der Waals surface area contributed by atoms with Gasteiger partial charge in [-0.25, -0.2) is 8.78 Å². The number of H-pyrrole nitrogens is 1. The second-order valence-corrected chi connectivity index (χ2v) is 5.87. The van der Waals surface area contributed by atoms with Crippen LogP contribution >= 0.6 is 23.2 Å².